The number of hydrogen-bond acceptors (Lipinski definition) is 3. The fraction of sp³-hybridized carbons (Fsp3) is 0.444. The van der Waals surface area contributed by atoms with Crippen LogP contribution in [0.25, 0.3) is 0 Å². The van der Waals surface area contributed by atoms with E-state index in [1.54, 1.807) is 0 Å². The molecule has 0 unspecified atom stereocenters. The van der Waals surface area contributed by atoms with Crippen molar-refractivity contribution in [2.24, 2.45) is 5.73 Å². The molecule has 1 aromatic rings. The largest absolute Gasteiger partial charge is 0.357 e. The van der Waals surface area contributed by atoms with Gasteiger partial charge in [-0.25, -0.2) is 4.98 Å². The third-order valence-electron chi connectivity index (χ3n) is 1.89. The van der Waals surface area contributed by atoms with Gasteiger partial charge in [-0.1, -0.05) is 0 Å². The number of likely N-dealkylation sites (N-methyl/N-ethyl adjacent to an activating group) is 1. The Hall–Kier alpha value is -0.610. The smallest absolute Gasteiger partial charge is 0.142 e. The molecule has 0 atom stereocenters. The summed E-state index contributed by atoms with van der Waals surface area (Å²) in [6, 6.07) is 1.98. The predicted octanol–water partition coefficient (Wildman–Crippen LogP) is 1.55. The normalized spacial score (nSPS) is 10.2. The molecule has 4 heteroatoms. The van der Waals surface area contributed by atoms with E-state index in [-0.39, 0.29) is 0 Å². The van der Waals surface area contributed by atoms with Gasteiger partial charge >= 0.3 is 0 Å². The maximum atomic E-state index is 5.47. The van der Waals surface area contributed by atoms with Crippen molar-refractivity contribution < 1.29 is 0 Å². The van der Waals surface area contributed by atoms with Crippen LogP contribution in [0.5, 0.6) is 0 Å². The van der Waals surface area contributed by atoms with Crippen molar-refractivity contribution in [2.45, 2.75) is 6.92 Å². The summed E-state index contributed by atoms with van der Waals surface area (Å²) in [6.45, 7) is 3.50. The zero-order valence-corrected chi connectivity index (χ0v) is 9.50. The first-order valence-corrected chi connectivity index (χ1v) is 4.98. The number of halogens is 1. The molecule has 0 spiro atoms. The second kappa shape index (κ2) is 4.58. The molecule has 13 heavy (non-hydrogen) atoms. The molecule has 0 aliphatic carbocycles. The fourth-order valence-electron chi connectivity index (χ4n) is 1.09. The molecule has 0 aromatic carbocycles. The number of nitrogens with zero attached hydrogens (tertiary/aromatic N) is 2. The van der Waals surface area contributed by atoms with Gasteiger partial charge in [-0.3, -0.25) is 0 Å². The lowest BCUT2D eigenvalue weighted by Crippen LogP contribution is -2.26. The average Bonchev–Trinajstić information content (AvgIpc) is 2.10. The van der Waals surface area contributed by atoms with Crippen LogP contribution in [0.15, 0.2) is 16.7 Å². The summed E-state index contributed by atoms with van der Waals surface area (Å²) in [6.07, 6.45) is 1.81. The van der Waals surface area contributed by atoms with E-state index in [0.29, 0.717) is 6.54 Å². The van der Waals surface area contributed by atoms with Crippen molar-refractivity contribution in [3.63, 3.8) is 0 Å². The van der Waals surface area contributed by atoms with E-state index in [1.165, 1.54) is 5.56 Å². The van der Waals surface area contributed by atoms with Crippen LogP contribution >= 0.6 is 15.9 Å². The summed E-state index contributed by atoms with van der Waals surface area (Å²) < 4.78 is 1.05. The Morgan fingerprint density at radius 2 is 2.31 bits per heavy atom. The summed E-state index contributed by atoms with van der Waals surface area (Å²) in [4.78, 5) is 6.32. The summed E-state index contributed by atoms with van der Waals surface area (Å²) in [5.74, 6) is 0.949. The molecule has 2 N–H and O–H groups in total. The van der Waals surface area contributed by atoms with Crippen LogP contribution in [-0.4, -0.2) is 25.1 Å². The van der Waals surface area contributed by atoms with Crippen molar-refractivity contribution in [2.75, 3.05) is 25.0 Å². The van der Waals surface area contributed by atoms with E-state index in [0.717, 1.165) is 16.8 Å². The summed E-state index contributed by atoms with van der Waals surface area (Å²) in [7, 11) is 1.99. The number of aromatic nitrogens is 1. The highest BCUT2D eigenvalue weighted by atomic mass is 79.9. The average molecular weight is 244 g/mol. The lowest BCUT2D eigenvalue weighted by Gasteiger charge is -2.18. The van der Waals surface area contributed by atoms with Gasteiger partial charge < -0.3 is 10.6 Å². The molecule has 3 nitrogen and oxygen atoms in total. The maximum Gasteiger partial charge on any atom is 0.142 e. The Morgan fingerprint density at radius 1 is 1.62 bits per heavy atom. The Morgan fingerprint density at radius 3 is 2.92 bits per heavy atom. The van der Waals surface area contributed by atoms with Gasteiger partial charge in [-0.05, 0) is 34.5 Å². The summed E-state index contributed by atoms with van der Waals surface area (Å²) in [5.41, 5.74) is 6.66. The van der Waals surface area contributed by atoms with Crippen molar-refractivity contribution in [3.05, 3.63) is 22.3 Å². The zero-order valence-electron chi connectivity index (χ0n) is 7.92. The molecular weight excluding hydrogens is 230 g/mol. The van der Waals surface area contributed by atoms with Crippen LogP contribution in [0.4, 0.5) is 5.82 Å². The van der Waals surface area contributed by atoms with E-state index >= 15 is 0 Å². The number of hydrogen-bond donors (Lipinski definition) is 1. The third-order valence-corrected chi connectivity index (χ3v) is 2.87. The van der Waals surface area contributed by atoms with Gasteiger partial charge in [-0.15, -0.1) is 0 Å². The van der Waals surface area contributed by atoms with Gasteiger partial charge in [0.2, 0.25) is 0 Å². The Bertz CT molecular complexity index is 288. The minimum absolute atomic E-state index is 0.637. The van der Waals surface area contributed by atoms with Crippen LogP contribution in [0.2, 0.25) is 0 Å². The summed E-state index contributed by atoms with van der Waals surface area (Å²) in [5, 5.41) is 0. The highest BCUT2D eigenvalue weighted by Gasteiger charge is 2.07. The first-order valence-electron chi connectivity index (χ1n) is 4.19. The second-order valence-corrected chi connectivity index (χ2v) is 3.77. The monoisotopic (exact) mass is 243 g/mol. The van der Waals surface area contributed by atoms with E-state index < -0.39 is 0 Å². The number of nitrogens with two attached hydrogens (primary N) is 1. The quantitative estimate of drug-likeness (QED) is 0.877. The third kappa shape index (κ3) is 2.42. The first kappa shape index (κ1) is 10.5. The van der Waals surface area contributed by atoms with Crippen LogP contribution in [0.1, 0.15) is 5.56 Å². The molecule has 0 radical (unpaired) electrons. The zero-order chi connectivity index (χ0) is 9.84. The molecule has 72 valence electrons. The SMILES string of the molecule is Cc1ccnc(N(C)CCN)c1Br. The molecule has 0 aliphatic rings. The lowest BCUT2D eigenvalue weighted by atomic mass is 10.3. The molecule has 0 saturated heterocycles. The number of aryl methyl sites for hydroxylation is 1. The van der Waals surface area contributed by atoms with Crippen molar-refractivity contribution >= 4 is 21.7 Å². The highest BCUT2D eigenvalue weighted by molar-refractivity contribution is 9.10. The van der Waals surface area contributed by atoms with Crippen molar-refractivity contribution in [3.8, 4) is 0 Å². The molecule has 0 amide bonds. The van der Waals surface area contributed by atoms with Crippen molar-refractivity contribution in [1.82, 2.24) is 4.98 Å². The second-order valence-electron chi connectivity index (χ2n) is 2.98. The molecule has 0 bridgehead atoms. The Balaban J connectivity index is 2.93. The topological polar surface area (TPSA) is 42.2 Å². The van der Waals surface area contributed by atoms with Gasteiger partial charge in [-0.2, -0.15) is 0 Å². The van der Waals surface area contributed by atoms with Crippen LogP contribution < -0.4 is 10.6 Å². The van der Waals surface area contributed by atoms with E-state index in [1.807, 2.05) is 31.1 Å². The molecule has 1 aromatic heterocycles. The highest BCUT2D eigenvalue weighted by Crippen LogP contribution is 2.25. The fourth-order valence-corrected chi connectivity index (χ4v) is 1.63. The minimum Gasteiger partial charge on any atom is -0.357 e. The number of pyridine rings is 1. The van der Waals surface area contributed by atoms with E-state index in [4.69, 9.17) is 5.73 Å². The summed E-state index contributed by atoms with van der Waals surface area (Å²) >= 11 is 3.51. The van der Waals surface area contributed by atoms with Crippen LogP contribution in [0, 0.1) is 6.92 Å². The van der Waals surface area contributed by atoms with Gasteiger partial charge in [0.15, 0.2) is 0 Å². The standard InChI is InChI=1S/C9H14BrN3/c1-7-3-5-12-9(8(7)10)13(2)6-4-11/h3,5H,4,6,11H2,1-2H3. The van der Waals surface area contributed by atoms with Gasteiger partial charge in [0.25, 0.3) is 0 Å². The minimum atomic E-state index is 0.637. The van der Waals surface area contributed by atoms with Crippen LogP contribution in [0.3, 0.4) is 0 Å². The molecule has 1 heterocycles. The molecule has 0 saturated carbocycles. The number of anilines is 1. The van der Waals surface area contributed by atoms with Gasteiger partial charge in [0, 0.05) is 26.3 Å². The van der Waals surface area contributed by atoms with E-state index in [2.05, 4.69) is 20.9 Å². The van der Waals surface area contributed by atoms with Crippen molar-refractivity contribution in [1.29, 1.82) is 0 Å². The lowest BCUT2D eigenvalue weighted by molar-refractivity contribution is 0.864. The molecule has 0 aliphatic heterocycles. The number of rotatable bonds is 3. The Kier molecular flexibility index (Phi) is 3.69. The molecule has 0 fully saturated rings. The van der Waals surface area contributed by atoms with Gasteiger partial charge in [0.05, 0.1) is 4.47 Å². The van der Waals surface area contributed by atoms with E-state index in [9.17, 15) is 0 Å². The Labute approximate surface area is 87.1 Å². The predicted molar refractivity (Wildman–Crippen MR) is 59.0 cm³/mol. The molecule has 1 rings (SSSR count). The maximum absolute atomic E-state index is 5.47. The van der Waals surface area contributed by atoms with Crippen LogP contribution in [-0.2, 0) is 0 Å². The molecular formula is C9H14BrN3. The first-order chi connectivity index (χ1) is 6.16. The van der Waals surface area contributed by atoms with Gasteiger partial charge in [0.1, 0.15) is 5.82 Å².